The Hall–Kier alpha value is -0.610. The van der Waals surface area contributed by atoms with E-state index in [1.807, 2.05) is 11.8 Å². The van der Waals surface area contributed by atoms with Crippen molar-refractivity contribution in [2.75, 3.05) is 26.7 Å². The van der Waals surface area contributed by atoms with E-state index in [-0.39, 0.29) is 5.97 Å². The highest BCUT2D eigenvalue weighted by atomic mass is 16.5. The van der Waals surface area contributed by atoms with Gasteiger partial charge in [0.1, 0.15) is 0 Å². The third-order valence-electron chi connectivity index (χ3n) is 2.51. The molecule has 0 radical (unpaired) electrons. The maximum Gasteiger partial charge on any atom is 0.319 e. The zero-order valence-electron chi connectivity index (χ0n) is 8.25. The van der Waals surface area contributed by atoms with Gasteiger partial charge in [0.25, 0.3) is 0 Å². The summed E-state index contributed by atoms with van der Waals surface area (Å²) in [6.07, 6.45) is 1.45. The Morgan fingerprint density at radius 1 is 1.54 bits per heavy atom. The first-order valence-electron chi connectivity index (χ1n) is 4.55. The number of methoxy groups -OCH3 is 1. The number of hydrogen-bond donors (Lipinski definition) is 1. The third kappa shape index (κ3) is 3.32. The number of carbonyl (C=O) groups is 1. The van der Waals surface area contributed by atoms with Crippen molar-refractivity contribution < 1.29 is 14.6 Å². The molecule has 1 N–H and O–H groups in total. The fourth-order valence-electron chi connectivity index (χ4n) is 1.44. The van der Waals surface area contributed by atoms with Crippen LogP contribution >= 0.6 is 0 Å². The fraction of sp³-hybridized carbons (Fsp3) is 0.889. The smallest absolute Gasteiger partial charge is 0.319 e. The molecule has 1 heterocycles. The van der Waals surface area contributed by atoms with Gasteiger partial charge in [-0.15, -0.1) is 0 Å². The number of carbonyl (C=O) groups excluding carboxylic acids is 1. The molecular formula is C9H17NO3. The van der Waals surface area contributed by atoms with Gasteiger partial charge in [-0.2, -0.15) is 0 Å². The highest BCUT2D eigenvalue weighted by Gasteiger charge is 2.27. The van der Waals surface area contributed by atoms with Gasteiger partial charge < -0.3 is 9.84 Å². The molecule has 76 valence electrons. The molecule has 13 heavy (non-hydrogen) atoms. The molecule has 0 amide bonds. The molecule has 4 heteroatoms. The normalized spacial score (nSPS) is 22.7. The first kappa shape index (κ1) is 10.5. The molecule has 0 unspecified atom stereocenters. The van der Waals surface area contributed by atoms with Crippen LogP contribution in [0.15, 0.2) is 0 Å². The predicted octanol–water partition coefficient (Wildman–Crippen LogP) is 0.00620. The van der Waals surface area contributed by atoms with Crippen LogP contribution in [0.5, 0.6) is 0 Å². The van der Waals surface area contributed by atoms with Gasteiger partial charge in [0.05, 0.1) is 19.3 Å². The molecule has 1 aliphatic heterocycles. The van der Waals surface area contributed by atoms with Crippen molar-refractivity contribution in [3.8, 4) is 0 Å². The summed E-state index contributed by atoms with van der Waals surface area (Å²) in [6.45, 7) is 3.71. The molecular weight excluding hydrogens is 170 g/mol. The summed E-state index contributed by atoms with van der Waals surface area (Å²) in [7, 11) is 1.39. The molecule has 0 saturated carbocycles. The first-order valence-corrected chi connectivity index (χ1v) is 4.55. The zero-order chi connectivity index (χ0) is 9.90. The van der Waals surface area contributed by atoms with E-state index in [1.165, 1.54) is 7.11 Å². The Bertz CT molecular complexity index is 181. The van der Waals surface area contributed by atoms with Crippen molar-refractivity contribution in [3.05, 3.63) is 0 Å². The van der Waals surface area contributed by atoms with Crippen LogP contribution in [-0.2, 0) is 9.53 Å². The van der Waals surface area contributed by atoms with Gasteiger partial charge in [0, 0.05) is 13.1 Å². The van der Waals surface area contributed by atoms with Crippen LogP contribution in [-0.4, -0.2) is 48.3 Å². The molecule has 0 bridgehead atoms. The van der Waals surface area contributed by atoms with E-state index >= 15 is 0 Å². The molecule has 1 aliphatic rings. The molecule has 0 aromatic carbocycles. The number of ether oxygens (including phenoxy) is 1. The second-order valence-electron chi connectivity index (χ2n) is 3.85. The number of rotatable bonds is 2. The number of aliphatic hydroxyl groups is 1. The van der Waals surface area contributed by atoms with E-state index in [9.17, 15) is 9.90 Å². The van der Waals surface area contributed by atoms with Crippen molar-refractivity contribution >= 4 is 5.97 Å². The third-order valence-corrected chi connectivity index (χ3v) is 2.51. The zero-order valence-corrected chi connectivity index (χ0v) is 8.25. The maximum atomic E-state index is 10.9. The number of nitrogens with zero attached hydrogens (tertiary/aromatic N) is 1. The van der Waals surface area contributed by atoms with Crippen LogP contribution in [0.3, 0.4) is 0 Å². The Kier molecular flexibility index (Phi) is 3.27. The van der Waals surface area contributed by atoms with Crippen molar-refractivity contribution in [1.82, 2.24) is 4.90 Å². The maximum absolute atomic E-state index is 10.9. The molecule has 1 rings (SSSR count). The van der Waals surface area contributed by atoms with Crippen LogP contribution in [0, 0.1) is 0 Å². The van der Waals surface area contributed by atoms with E-state index < -0.39 is 5.60 Å². The van der Waals surface area contributed by atoms with Gasteiger partial charge in [0.2, 0.25) is 0 Å². The van der Waals surface area contributed by atoms with E-state index in [0.29, 0.717) is 6.54 Å². The van der Waals surface area contributed by atoms with Crippen LogP contribution in [0.1, 0.15) is 19.8 Å². The first-order chi connectivity index (χ1) is 6.03. The largest absolute Gasteiger partial charge is 0.468 e. The number of piperidine rings is 1. The number of hydrogen-bond acceptors (Lipinski definition) is 4. The summed E-state index contributed by atoms with van der Waals surface area (Å²) in [6, 6.07) is 0. The highest BCUT2D eigenvalue weighted by Crippen LogP contribution is 2.20. The Morgan fingerprint density at radius 2 is 2.08 bits per heavy atom. The lowest BCUT2D eigenvalue weighted by Crippen LogP contribution is -2.44. The highest BCUT2D eigenvalue weighted by molar-refractivity contribution is 5.71. The minimum absolute atomic E-state index is 0.207. The lowest BCUT2D eigenvalue weighted by atomic mass is 9.94. The van der Waals surface area contributed by atoms with E-state index in [4.69, 9.17) is 0 Å². The van der Waals surface area contributed by atoms with Crippen molar-refractivity contribution in [3.63, 3.8) is 0 Å². The Balaban J connectivity index is 2.29. The van der Waals surface area contributed by atoms with Crippen molar-refractivity contribution in [1.29, 1.82) is 0 Å². The lowest BCUT2D eigenvalue weighted by molar-refractivity contribution is -0.143. The van der Waals surface area contributed by atoms with Crippen molar-refractivity contribution in [2.24, 2.45) is 0 Å². The minimum atomic E-state index is -0.549. The Morgan fingerprint density at radius 3 is 2.54 bits per heavy atom. The summed E-state index contributed by atoms with van der Waals surface area (Å²) in [5, 5.41) is 9.64. The van der Waals surface area contributed by atoms with Gasteiger partial charge in [-0.25, -0.2) is 0 Å². The van der Waals surface area contributed by atoms with Gasteiger partial charge in [-0.3, -0.25) is 9.69 Å². The average Bonchev–Trinajstić information content (AvgIpc) is 2.08. The monoisotopic (exact) mass is 187 g/mol. The fourth-order valence-corrected chi connectivity index (χ4v) is 1.44. The number of likely N-dealkylation sites (tertiary alicyclic amines) is 1. The van der Waals surface area contributed by atoms with Gasteiger partial charge in [-0.05, 0) is 19.8 Å². The molecule has 4 nitrogen and oxygen atoms in total. The van der Waals surface area contributed by atoms with Crippen LogP contribution in [0.4, 0.5) is 0 Å². The molecule has 0 atom stereocenters. The second-order valence-corrected chi connectivity index (χ2v) is 3.85. The summed E-state index contributed by atoms with van der Waals surface area (Å²) in [5.41, 5.74) is -0.549. The van der Waals surface area contributed by atoms with Crippen LogP contribution in [0.25, 0.3) is 0 Å². The minimum Gasteiger partial charge on any atom is -0.468 e. The van der Waals surface area contributed by atoms with Crippen molar-refractivity contribution in [2.45, 2.75) is 25.4 Å². The molecule has 1 saturated heterocycles. The average molecular weight is 187 g/mol. The standard InChI is InChI=1S/C9H17NO3/c1-9(12)3-5-10(6-4-9)7-8(11)13-2/h12H,3-7H2,1-2H3. The number of esters is 1. The van der Waals surface area contributed by atoms with Gasteiger partial charge in [0.15, 0.2) is 0 Å². The SMILES string of the molecule is COC(=O)CN1CCC(C)(O)CC1. The summed E-state index contributed by atoms with van der Waals surface area (Å²) in [4.78, 5) is 12.9. The summed E-state index contributed by atoms with van der Waals surface area (Å²) >= 11 is 0. The van der Waals surface area contributed by atoms with Crippen LogP contribution < -0.4 is 0 Å². The quantitative estimate of drug-likeness (QED) is 0.618. The second kappa shape index (κ2) is 4.07. The molecule has 1 fully saturated rings. The van der Waals surface area contributed by atoms with Gasteiger partial charge in [-0.1, -0.05) is 0 Å². The van der Waals surface area contributed by atoms with Gasteiger partial charge >= 0.3 is 5.97 Å². The summed E-state index contributed by atoms with van der Waals surface area (Å²) < 4.78 is 4.56. The molecule has 0 aromatic heterocycles. The summed E-state index contributed by atoms with van der Waals surface area (Å²) in [5.74, 6) is -0.207. The molecule has 0 spiro atoms. The molecule has 0 aliphatic carbocycles. The van der Waals surface area contributed by atoms with E-state index in [2.05, 4.69) is 4.74 Å². The topological polar surface area (TPSA) is 49.8 Å². The molecule has 0 aromatic rings. The lowest BCUT2D eigenvalue weighted by Gasteiger charge is -2.34. The van der Waals surface area contributed by atoms with Crippen LogP contribution in [0.2, 0.25) is 0 Å². The van der Waals surface area contributed by atoms with E-state index in [0.717, 1.165) is 25.9 Å². The predicted molar refractivity (Wildman–Crippen MR) is 48.3 cm³/mol. The Labute approximate surface area is 78.5 Å². The van der Waals surface area contributed by atoms with E-state index in [1.54, 1.807) is 0 Å².